The van der Waals surface area contributed by atoms with E-state index in [4.69, 9.17) is 23.2 Å². The fraction of sp³-hybridized carbons (Fsp3) is 0.696. The molecule has 8 unspecified atom stereocenters. The van der Waals surface area contributed by atoms with E-state index in [9.17, 15) is 0 Å². The first-order valence-corrected chi connectivity index (χ1v) is 20.4. The summed E-state index contributed by atoms with van der Waals surface area (Å²) in [6, 6.07) is 24.2. The number of allylic oxidation sites excluding steroid dienone is 1. The maximum absolute atomic E-state index is 5.30. The van der Waals surface area contributed by atoms with Crippen molar-refractivity contribution in [2.24, 2.45) is 64.1 Å². The molecule has 8 atom stereocenters. The lowest BCUT2D eigenvalue weighted by Gasteiger charge is -2.53. The molecule has 2 aromatic carbocycles. The van der Waals surface area contributed by atoms with Crippen LogP contribution in [0.5, 0.6) is 0 Å². The van der Waals surface area contributed by atoms with Crippen LogP contribution < -0.4 is 0 Å². The second kappa shape index (κ2) is 15.2. The summed E-state index contributed by atoms with van der Waals surface area (Å²) >= 11 is 10.6. The van der Waals surface area contributed by atoms with Gasteiger partial charge in [0.1, 0.15) is 4.33 Å². The van der Waals surface area contributed by atoms with Crippen LogP contribution in [0.3, 0.4) is 0 Å². The SMILES string of the molecule is C=CCCC1CCC(C(c2ccccc2)(c2ccccc2)C2C3CC(C(C)(C)C)CCC3C3CCC(C(C)(C)C)CC32)C1.CC(C)(Cl)Cl. The maximum Gasteiger partial charge on any atom is 0.112 e. The van der Waals surface area contributed by atoms with Crippen LogP contribution in [0.1, 0.15) is 137 Å². The van der Waals surface area contributed by atoms with Crippen LogP contribution in [-0.4, -0.2) is 4.33 Å². The van der Waals surface area contributed by atoms with Gasteiger partial charge in [0.05, 0.1) is 0 Å². The lowest BCUT2D eigenvalue weighted by molar-refractivity contribution is 0.0420. The molecule has 2 aromatic rings. The van der Waals surface area contributed by atoms with Crippen LogP contribution in [0.2, 0.25) is 0 Å². The standard InChI is InChI=1S/C43H62.C3H6Cl2/c1-8-9-16-30-21-22-35(27-30)43(31-17-12-10-13-18-31,32-19-14-11-15-20-32)40-38-28-33(41(2,3)4)23-25-36(38)37-26-24-34(29-39(37)40)42(5,6)7;1-3(2,4)5/h8,10-15,17-20,30,33-40H,1,9,16,21-29H2,2-7H3;1-2H3. The molecule has 0 nitrogen and oxygen atoms in total. The molecule has 266 valence electrons. The molecule has 0 heterocycles. The minimum Gasteiger partial charge on any atom is -0.103 e. The average Bonchev–Trinajstić information content (AvgIpc) is 3.63. The first-order chi connectivity index (χ1) is 22.5. The lowest BCUT2D eigenvalue weighted by atomic mass is 9.50. The van der Waals surface area contributed by atoms with Gasteiger partial charge in [-0.15, -0.1) is 29.8 Å². The summed E-state index contributed by atoms with van der Waals surface area (Å²) in [4.78, 5) is 0. The molecule has 6 rings (SSSR count). The van der Waals surface area contributed by atoms with Gasteiger partial charge in [-0.3, -0.25) is 0 Å². The van der Waals surface area contributed by atoms with Gasteiger partial charge in [0, 0.05) is 5.41 Å². The minimum atomic E-state index is -0.556. The number of fused-ring (bicyclic) bond motifs is 3. The summed E-state index contributed by atoms with van der Waals surface area (Å²) < 4.78 is -0.556. The molecule has 0 aliphatic heterocycles. The number of halogens is 2. The Hall–Kier alpha value is -1.24. The number of hydrogen-bond donors (Lipinski definition) is 0. The lowest BCUT2D eigenvalue weighted by Crippen LogP contribution is -2.49. The van der Waals surface area contributed by atoms with Crippen LogP contribution >= 0.6 is 23.2 Å². The molecule has 4 aliphatic carbocycles. The molecule has 0 bridgehead atoms. The van der Waals surface area contributed by atoms with Gasteiger partial charge in [0.2, 0.25) is 0 Å². The van der Waals surface area contributed by atoms with Gasteiger partial charge in [0.25, 0.3) is 0 Å². The first-order valence-electron chi connectivity index (χ1n) is 19.6. The van der Waals surface area contributed by atoms with Crippen molar-refractivity contribution in [2.45, 2.75) is 136 Å². The Kier molecular flexibility index (Phi) is 12.0. The molecule has 0 N–H and O–H groups in total. The van der Waals surface area contributed by atoms with E-state index in [1.54, 1.807) is 25.0 Å². The Labute approximate surface area is 306 Å². The molecule has 0 aromatic heterocycles. The summed E-state index contributed by atoms with van der Waals surface area (Å²) in [5, 5.41) is 0. The summed E-state index contributed by atoms with van der Waals surface area (Å²) in [7, 11) is 0. The highest BCUT2D eigenvalue weighted by Gasteiger charge is 2.63. The summed E-state index contributed by atoms with van der Waals surface area (Å²) in [5.41, 5.74) is 4.14. The van der Waals surface area contributed by atoms with Gasteiger partial charge in [-0.1, -0.05) is 115 Å². The van der Waals surface area contributed by atoms with Crippen LogP contribution in [0, 0.1) is 64.1 Å². The summed E-state index contributed by atoms with van der Waals surface area (Å²) in [5.74, 6) is 7.45. The normalized spacial score (nSPS) is 32.5. The smallest absolute Gasteiger partial charge is 0.103 e. The molecule has 0 saturated heterocycles. The highest BCUT2D eigenvalue weighted by molar-refractivity contribution is 6.47. The average molecular weight is 692 g/mol. The summed E-state index contributed by atoms with van der Waals surface area (Å²) in [6.45, 7) is 22.7. The number of rotatable bonds is 7. The predicted octanol–water partition coefficient (Wildman–Crippen LogP) is 14.3. The van der Waals surface area contributed by atoms with Gasteiger partial charge in [-0.05, 0) is 153 Å². The number of alkyl halides is 2. The topological polar surface area (TPSA) is 0 Å². The Morgan fingerprint density at radius 1 is 0.583 bits per heavy atom. The van der Waals surface area contributed by atoms with Gasteiger partial charge in [0.15, 0.2) is 0 Å². The highest BCUT2D eigenvalue weighted by Crippen LogP contribution is 2.69. The van der Waals surface area contributed by atoms with E-state index in [-0.39, 0.29) is 5.41 Å². The van der Waals surface area contributed by atoms with E-state index < -0.39 is 4.33 Å². The molecule has 4 saturated carbocycles. The van der Waals surface area contributed by atoms with E-state index in [1.165, 1.54) is 70.6 Å². The zero-order valence-corrected chi connectivity index (χ0v) is 33.3. The fourth-order valence-electron chi connectivity index (χ4n) is 11.7. The quantitative estimate of drug-likeness (QED) is 0.200. The zero-order chi connectivity index (χ0) is 34.9. The molecule has 4 fully saturated rings. The minimum absolute atomic E-state index is 0.0906. The van der Waals surface area contributed by atoms with Crippen molar-refractivity contribution >= 4 is 23.2 Å². The predicted molar refractivity (Wildman–Crippen MR) is 211 cm³/mol. The van der Waals surface area contributed by atoms with Crippen molar-refractivity contribution in [3.05, 3.63) is 84.4 Å². The highest BCUT2D eigenvalue weighted by atomic mass is 35.5. The van der Waals surface area contributed by atoms with Crippen molar-refractivity contribution in [2.75, 3.05) is 0 Å². The fourth-order valence-corrected chi connectivity index (χ4v) is 11.7. The van der Waals surface area contributed by atoms with Crippen LogP contribution in [0.25, 0.3) is 0 Å². The molecule has 0 radical (unpaired) electrons. The van der Waals surface area contributed by atoms with Gasteiger partial charge >= 0.3 is 0 Å². The molecular formula is C46H68Cl2. The van der Waals surface area contributed by atoms with E-state index >= 15 is 0 Å². The Balaban J connectivity index is 0.000000840. The molecule has 0 spiro atoms. The van der Waals surface area contributed by atoms with Crippen molar-refractivity contribution in [1.82, 2.24) is 0 Å². The monoisotopic (exact) mass is 690 g/mol. The second-order valence-electron chi connectivity index (χ2n) is 19.1. The van der Waals surface area contributed by atoms with E-state index in [0.29, 0.717) is 16.7 Å². The van der Waals surface area contributed by atoms with Crippen molar-refractivity contribution in [1.29, 1.82) is 0 Å². The first kappa shape index (κ1) is 38.0. The van der Waals surface area contributed by atoms with Crippen LogP contribution in [-0.2, 0) is 5.41 Å². The van der Waals surface area contributed by atoms with Crippen LogP contribution in [0.15, 0.2) is 73.3 Å². The van der Waals surface area contributed by atoms with E-state index in [2.05, 4.69) is 115 Å². The van der Waals surface area contributed by atoms with Gasteiger partial charge in [-0.2, -0.15) is 0 Å². The number of hydrogen-bond acceptors (Lipinski definition) is 0. The molecule has 48 heavy (non-hydrogen) atoms. The van der Waals surface area contributed by atoms with Gasteiger partial charge < -0.3 is 0 Å². The molecule has 4 aliphatic rings. The second-order valence-corrected chi connectivity index (χ2v) is 21.2. The molecule has 0 amide bonds. The third kappa shape index (κ3) is 8.28. The van der Waals surface area contributed by atoms with E-state index in [1.807, 2.05) is 0 Å². The van der Waals surface area contributed by atoms with Crippen LogP contribution in [0.4, 0.5) is 0 Å². The van der Waals surface area contributed by atoms with Gasteiger partial charge in [-0.25, -0.2) is 0 Å². The Morgan fingerprint density at radius 3 is 1.40 bits per heavy atom. The third-order valence-corrected chi connectivity index (χ3v) is 13.8. The number of benzene rings is 2. The Bertz CT molecular complexity index is 1210. The molecular weight excluding hydrogens is 623 g/mol. The van der Waals surface area contributed by atoms with E-state index in [0.717, 1.165) is 47.3 Å². The maximum atomic E-state index is 5.30. The van der Waals surface area contributed by atoms with Crippen molar-refractivity contribution < 1.29 is 0 Å². The third-order valence-electron chi connectivity index (χ3n) is 13.8. The molecule has 2 heteroatoms. The van der Waals surface area contributed by atoms with Crippen molar-refractivity contribution in [3.8, 4) is 0 Å². The van der Waals surface area contributed by atoms with Crippen molar-refractivity contribution in [3.63, 3.8) is 0 Å². The zero-order valence-electron chi connectivity index (χ0n) is 31.8. The Morgan fingerprint density at radius 2 is 1.00 bits per heavy atom. The largest absolute Gasteiger partial charge is 0.112 e. The summed E-state index contributed by atoms with van der Waals surface area (Å²) in [6.07, 6.45) is 17.5.